The number of amides is 3. The summed E-state index contributed by atoms with van der Waals surface area (Å²) >= 11 is 0. The molecule has 1 heterocycles. The van der Waals surface area contributed by atoms with Gasteiger partial charge in [0, 0.05) is 11.3 Å². The molecule has 0 fully saturated rings. The third-order valence-electron chi connectivity index (χ3n) is 3.93. The molecular weight excluding hydrogens is 363 g/mol. The fraction of sp³-hybridized carbons (Fsp3) is 0.111. The van der Waals surface area contributed by atoms with Crippen LogP contribution >= 0.6 is 0 Å². The van der Waals surface area contributed by atoms with Gasteiger partial charge in [-0.3, -0.25) is 19.3 Å². The van der Waals surface area contributed by atoms with Gasteiger partial charge in [0.25, 0.3) is 17.7 Å². The molecule has 1 aliphatic heterocycles. The van der Waals surface area contributed by atoms with Gasteiger partial charge in [0.1, 0.15) is 6.54 Å². The number of imide groups is 1. The first kappa shape index (κ1) is 18.1. The van der Waals surface area contributed by atoms with Crippen molar-refractivity contribution in [2.45, 2.75) is 6.18 Å². The Kier molecular flexibility index (Phi) is 4.41. The molecule has 27 heavy (non-hydrogen) atoms. The van der Waals surface area contributed by atoms with E-state index < -0.39 is 29.5 Å². The van der Waals surface area contributed by atoms with E-state index in [1.165, 1.54) is 18.2 Å². The summed E-state index contributed by atoms with van der Waals surface area (Å²) in [4.78, 5) is 37.2. The normalized spacial score (nSPS) is 13.3. The van der Waals surface area contributed by atoms with Gasteiger partial charge in [0.05, 0.1) is 22.8 Å². The standard InChI is InChI=1S/C18H10F3N3O3/c19-18(20,21)11-3-1-10(2-4-11)15(25)23-12-5-6-13-14(9-12)17(27)24(8-7-22)16(13)26/h1-6,9H,8H2,(H,23,25). The van der Waals surface area contributed by atoms with E-state index in [0.29, 0.717) is 0 Å². The highest BCUT2D eigenvalue weighted by Crippen LogP contribution is 2.29. The van der Waals surface area contributed by atoms with Gasteiger partial charge in [0.15, 0.2) is 0 Å². The van der Waals surface area contributed by atoms with E-state index in [-0.39, 0.29) is 28.9 Å². The molecule has 0 bridgehead atoms. The molecule has 0 saturated carbocycles. The Labute approximate surface area is 150 Å². The van der Waals surface area contributed by atoms with Crippen molar-refractivity contribution in [2.75, 3.05) is 11.9 Å². The monoisotopic (exact) mass is 373 g/mol. The van der Waals surface area contributed by atoms with Crippen molar-refractivity contribution in [1.82, 2.24) is 4.90 Å². The summed E-state index contributed by atoms with van der Waals surface area (Å²) in [5.74, 6) is -1.92. The summed E-state index contributed by atoms with van der Waals surface area (Å²) in [7, 11) is 0. The van der Waals surface area contributed by atoms with Crippen molar-refractivity contribution in [3.63, 3.8) is 0 Å². The Morgan fingerprint density at radius 1 is 1.04 bits per heavy atom. The van der Waals surface area contributed by atoms with Crippen LogP contribution in [0.4, 0.5) is 18.9 Å². The van der Waals surface area contributed by atoms with Crippen LogP contribution in [0.25, 0.3) is 0 Å². The topological polar surface area (TPSA) is 90.3 Å². The number of hydrogen-bond acceptors (Lipinski definition) is 4. The molecular formula is C18H10F3N3O3. The fourth-order valence-electron chi connectivity index (χ4n) is 2.60. The summed E-state index contributed by atoms with van der Waals surface area (Å²) < 4.78 is 37.7. The first-order valence-corrected chi connectivity index (χ1v) is 7.58. The maximum absolute atomic E-state index is 12.6. The van der Waals surface area contributed by atoms with E-state index in [4.69, 9.17) is 5.26 Å². The van der Waals surface area contributed by atoms with Crippen molar-refractivity contribution < 1.29 is 27.6 Å². The van der Waals surface area contributed by atoms with Gasteiger partial charge in [-0.1, -0.05) is 0 Å². The van der Waals surface area contributed by atoms with Crippen LogP contribution in [0, 0.1) is 11.3 Å². The average Bonchev–Trinajstić information content (AvgIpc) is 2.86. The van der Waals surface area contributed by atoms with Crippen LogP contribution in [-0.2, 0) is 6.18 Å². The number of halogens is 3. The fourth-order valence-corrected chi connectivity index (χ4v) is 2.60. The minimum absolute atomic E-state index is 0.00277. The molecule has 136 valence electrons. The second-order valence-electron chi connectivity index (χ2n) is 5.64. The Bertz CT molecular complexity index is 992. The van der Waals surface area contributed by atoms with Crippen molar-refractivity contribution in [3.05, 3.63) is 64.7 Å². The van der Waals surface area contributed by atoms with Gasteiger partial charge in [-0.15, -0.1) is 0 Å². The van der Waals surface area contributed by atoms with Crippen molar-refractivity contribution in [2.24, 2.45) is 0 Å². The molecule has 2 aromatic carbocycles. The Hall–Kier alpha value is -3.67. The smallest absolute Gasteiger partial charge is 0.322 e. The molecule has 3 rings (SSSR count). The first-order valence-electron chi connectivity index (χ1n) is 7.58. The van der Waals surface area contributed by atoms with Crippen LogP contribution in [0.5, 0.6) is 0 Å². The number of nitrogens with zero attached hydrogens (tertiary/aromatic N) is 2. The average molecular weight is 373 g/mol. The maximum Gasteiger partial charge on any atom is 0.416 e. The van der Waals surface area contributed by atoms with Gasteiger partial charge in [-0.25, -0.2) is 0 Å². The molecule has 1 aliphatic rings. The molecule has 0 saturated heterocycles. The summed E-state index contributed by atoms with van der Waals surface area (Å²) in [5, 5.41) is 11.1. The molecule has 9 heteroatoms. The van der Waals surface area contributed by atoms with Crippen molar-refractivity contribution in [3.8, 4) is 6.07 Å². The highest BCUT2D eigenvalue weighted by Gasteiger charge is 2.35. The second-order valence-corrected chi connectivity index (χ2v) is 5.64. The van der Waals surface area contributed by atoms with E-state index in [1.807, 2.05) is 0 Å². The van der Waals surface area contributed by atoms with E-state index in [0.717, 1.165) is 29.2 Å². The van der Waals surface area contributed by atoms with Crippen LogP contribution in [0.2, 0.25) is 0 Å². The summed E-state index contributed by atoms with van der Waals surface area (Å²) in [6.45, 7) is -0.389. The molecule has 3 amide bonds. The molecule has 0 aromatic heterocycles. The van der Waals surface area contributed by atoms with Crippen LogP contribution in [-0.4, -0.2) is 29.2 Å². The number of nitriles is 1. The molecule has 0 spiro atoms. The molecule has 6 nitrogen and oxygen atoms in total. The number of carbonyl (C=O) groups is 3. The lowest BCUT2D eigenvalue weighted by atomic mass is 10.1. The molecule has 0 radical (unpaired) electrons. The van der Waals surface area contributed by atoms with Gasteiger partial charge >= 0.3 is 6.18 Å². The highest BCUT2D eigenvalue weighted by atomic mass is 19.4. The lowest BCUT2D eigenvalue weighted by Crippen LogP contribution is -2.29. The van der Waals surface area contributed by atoms with E-state index in [2.05, 4.69) is 5.32 Å². The number of carbonyl (C=O) groups excluding carboxylic acids is 3. The van der Waals surface area contributed by atoms with Gasteiger partial charge in [-0.2, -0.15) is 18.4 Å². The predicted octanol–water partition coefficient (Wildman–Crippen LogP) is 3.08. The molecule has 1 N–H and O–H groups in total. The molecule has 0 unspecified atom stereocenters. The lowest BCUT2D eigenvalue weighted by Gasteiger charge is -2.09. The van der Waals surface area contributed by atoms with Gasteiger partial charge in [0.2, 0.25) is 0 Å². The minimum Gasteiger partial charge on any atom is -0.322 e. The number of hydrogen-bond donors (Lipinski definition) is 1. The van der Waals surface area contributed by atoms with Gasteiger partial charge < -0.3 is 5.32 Å². The lowest BCUT2D eigenvalue weighted by molar-refractivity contribution is -0.137. The van der Waals surface area contributed by atoms with Crippen LogP contribution in [0.3, 0.4) is 0 Å². The van der Waals surface area contributed by atoms with Crippen LogP contribution < -0.4 is 5.32 Å². The van der Waals surface area contributed by atoms with E-state index in [9.17, 15) is 27.6 Å². The van der Waals surface area contributed by atoms with E-state index >= 15 is 0 Å². The number of rotatable bonds is 3. The highest BCUT2D eigenvalue weighted by molar-refractivity contribution is 6.22. The summed E-state index contributed by atoms with van der Waals surface area (Å²) in [6.07, 6.45) is -4.50. The number of alkyl halides is 3. The Balaban J connectivity index is 1.80. The number of fused-ring (bicyclic) bond motifs is 1. The number of nitrogens with one attached hydrogen (secondary N) is 1. The molecule has 0 aliphatic carbocycles. The zero-order valence-corrected chi connectivity index (χ0v) is 13.5. The maximum atomic E-state index is 12.6. The third kappa shape index (κ3) is 3.37. The van der Waals surface area contributed by atoms with Crippen LogP contribution in [0.15, 0.2) is 42.5 Å². The Morgan fingerprint density at radius 3 is 2.26 bits per heavy atom. The minimum atomic E-state index is -4.50. The van der Waals surface area contributed by atoms with Crippen molar-refractivity contribution in [1.29, 1.82) is 5.26 Å². The number of anilines is 1. The van der Waals surface area contributed by atoms with Gasteiger partial charge in [-0.05, 0) is 42.5 Å². The summed E-state index contributed by atoms with van der Waals surface area (Å²) in [6, 6.07) is 9.40. The molecule has 2 aromatic rings. The third-order valence-corrected chi connectivity index (χ3v) is 3.93. The zero-order valence-electron chi connectivity index (χ0n) is 13.5. The van der Waals surface area contributed by atoms with Crippen LogP contribution in [0.1, 0.15) is 36.6 Å². The SMILES string of the molecule is N#CCN1C(=O)c2ccc(NC(=O)c3ccc(C(F)(F)F)cc3)cc2C1=O. The summed E-state index contributed by atoms with van der Waals surface area (Å²) in [5.41, 5.74) is -0.530. The predicted molar refractivity (Wildman–Crippen MR) is 86.8 cm³/mol. The molecule has 0 atom stereocenters. The van der Waals surface area contributed by atoms with E-state index in [1.54, 1.807) is 6.07 Å². The first-order chi connectivity index (χ1) is 12.7. The van der Waals surface area contributed by atoms with Crippen molar-refractivity contribution >= 4 is 23.4 Å². The second kappa shape index (κ2) is 6.57. The quantitative estimate of drug-likeness (QED) is 0.661. The largest absolute Gasteiger partial charge is 0.416 e. The number of benzene rings is 2. The zero-order chi connectivity index (χ0) is 19.8. The Morgan fingerprint density at radius 2 is 1.67 bits per heavy atom.